The highest BCUT2D eigenvalue weighted by Crippen LogP contribution is 2.06. The van der Waals surface area contributed by atoms with Crippen molar-refractivity contribution < 1.29 is 9.59 Å². The van der Waals surface area contributed by atoms with E-state index in [0.717, 1.165) is 11.3 Å². The lowest BCUT2D eigenvalue weighted by atomic mass is 10.1. The van der Waals surface area contributed by atoms with Crippen LogP contribution < -0.4 is 5.43 Å². The Bertz CT molecular complexity index is 717. The van der Waals surface area contributed by atoms with E-state index in [1.54, 1.807) is 43.3 Å². The number of carbonyl (C=O) groups is 2. The van der Waals surface area contributed by atoms with Gasteiger partial charge in [-0.25, -0.2) is 5.43 Å². The number of hydrogen-bond acceptors (Lipinski definition) is 4. The molecular formula is C17H17N3O2. The van der Waals surface area contributed by atoms with Gasteiger partial charge in [0, 0.05) is 17.5 Å². The molecule has 0 saturated heterocycles. The van der Waals surface area contributed by atoms with Crippen LogP contribution in [0.2, 0.25) is 0 Å². The quantitative estimate of drug-likeness (QED) is 0.535. The van der Waals surface area contributed by atoms with E-state index in [9.17, 15) is 9.59 Å². The molecule has 0 aliphatic carbocycles. The molecule has 1 N–H and O–H groups in total. The van der Waals surface area contributed by atoms with Crippen molar-refractivity contribution in [2.45, 2.75) is 20.8 Å². The van der Waals surface area contributed by atoms with Gasteiger partial charge >= 0.3 is 0 Å². The number of pyridine rings is 1. The summed E-state index contributed by atoms with van der Waals surface area (Å²) in [4.78, 5) is 27.2. The molecule has 1 aromatic carbocycles. The third-order valence-corrected chi connectivity index (χ3v) is 3.21. The molecule has 5 nitrogen and oxygen atoms in total. The Labute approximate surface area is 129 Å². The first kappa shape index (κ1) is 15.6. The van der Waals surface area contributed by atoms with Crippen LogP contribution in [-0.4, -0.2) is 22.4 Å². The number of rotatable bonds is 4. The molecule has 22 heavy (non-hydrogen) atoms. The maximum atomic E-state index is 11.9. The highest BCUT2D eigenvalue weighted by atomic mass is 16.2. The van der Waals surface area contributed by atoms with Gasteiger partial charge in [0.05, 0.1) is 11.3 Å². The van der Waals surface area contributed by atoms with Crippen molar-refractivity contribution in [3.05, 3.63) is 65.0 Å². The Kier molecular flexibility index (Phi) is 4.78. The van der Waals surface area contributed by atoms with Crippen LogP contribution in [0.5, 0.6) is 0 Å². The Morgan fingerprint density at radius 3 is 2.09 bits per heavy atom. The number of carbonyl (C=O) groups excluding carboxylic acids is 2. The van der Waals surface area contributed by atoms with Gasteiger partial charge in [-0.15, -0.1) is 0 Å². The number of ketones is 1. The maximum Gasteiger partial charge on any atom is 0.272 e. The standard InChI is InChI=1S/C17H17N3O2/c1-11-4-5-16(10-18-11)17(22)20-19-12(2)14-6-8-15(9-7-14)13(3)21/h4-10H,1-3H3,(H,20,22)/b19-12+. The van der Waals surface area contributed by atoms with Crippen LogP contribution in [0.3, 0.4) is 0 Å². The minimum atomic E-state index is -0.313. The van der Waals surface area contributed by atoms with Crippen molar-refractivity contribution in [2.75, 3.05) is 0 Å². The van der Waals surface area contributed by atoms with Gasteiger partial charge in [0.25, 0.3) is 5.91 Å². The van der Waals surface area contributed by atoms with E-state index in [2.05, 4.69) is 15.5 Å². The minimum absolute atomic E-state index is 0.0151. The summed E-state index contributed by atoms with van der Waals surface area (Å²) in [6, 6.07) is 10.5. The van der Waals surface area contributed by atoms with Crippen molar-refractivity contribution in [3.8, 4) is 0 Å². The molecule has 0 saturated carbocycles. The first-order chi connectivity index (χ1) is 10.5. The summed E-state index contributed by atoms with van der Waals surface area (Å²) in [5, 5.41) is 4.07. The topological polar surface area (TPSA) is 71.4 Å². The fourth-order valence-electron chi connectivity index (χ4n) is 1.81. The first-order valence-electron chi connectivity index (χ1n) is 6.86. The van der Waals surface area contributed by atoms with E-state index >= 15 is 0 Å². The summed E-state index contributed by atoms with van der Waals surface area (Å²) in [7, 11) is 0. The lowest BCUT2D eigenvalue weighted by Crippen LogP contribution is -2.19. The molecule has 2 rings (SSSR count). The molecule has 0 fully saturated rings. The third kappa shape index (κ3) is 3.85. The van der Waals surface area contributed by atoms with Crippen LogP contribution in [0.15, 0.2) is 47.7 Å². The number of hydrogen-bond donors (Lipinski definition) is 1. The summed E-state index contributed by atoms with van der Waals surface area (Å²) >= 11 is 0. The molecule has 0 aliphatic heterocycles. The van der Waals surface area contributed by atoms with E-state index in [4.69, 9.17) is 0 Å². The fraction of sp³-hybridized carbons (Fsp3) is 0.176. The van der Waals surface area contributed by atoms with E-state index in [0.29, 0.717) is 16.8 Å². The van der Waals surface area contributed by atoms with E-state index in [-0.39, 0.29) is 11.7 Å². The van der Waals surface area contributed by atoms with E-state index < -0.39 is 0 Å². The highest BCUT2D eigenvalue weighted by Gasteiger charge is 2.05. The number of hydrazone groups is 1. The molecule has 0 atom stereocenters. The summed E-state index contributed by atoms with van der Waals surface area (Å²) < 4.78 is 0. The van der Waals surface area contributed by atoms with Crippen LogP contribution in [0.1, 0.15) is 45.8 Å². The zero-order valence-electron chi connectivity index (χ0n) is 12.8. The van der Waals surface area contributed by atoms with Crippen LogP contribution >= 0.6 is 0 Å². The molecule has 112 valence electrons. The van der Waals surface area contributed by atoms with Crippen LogP contribution in [0, 0.1) is 6.92 Å². The molecular weight excluding hydrogens is 278 g/mol. The van der Waals surface area contributed by atoms with Gasteiger partial charge in [-0.2, -0.15) is 5.10 Å². The lowest BCUT2D eigenvalue weighted by molar-refractivity contribution is 0.0953. The average Bonchev–Trinajstić information content (AvgIpc) is 2.53. The van der Waals surface area contributed by atoms with Crippen LogP contribution in [0.25, 0.3) is 0 Å². The summed E-state index contributed by atoms with van der Waals surface area (Å²) in [5.74, 6) is -0.298. The molecule has 0 bridgehead atoms. The first-order valence-corrected chi connectivity index (χ1v) is 6.86. The van der Waals surface area contributed by atoms with Crippen molar-refractivity contribution >= 4 is 17.4 Å². The van der Waals surface area contributed by atoms with Gasteiger partial charge in [-0.3, -0.25) is 14.6 Å². The zero-order chi connectivity index (χ0) is 16.1. The molecule has 1 amide bonds. The molecule has 0 spiro atoms. The van der Waals surface area contributed by atoms with E-state index in [1.807, 2.05) is 6.92 Å². The lowest BCUT2D eigenvalue weighted by Gasteiger charge is -2.04. The molecule has 5 heteroatoms. The predicted molar refractivity (Wildman–Crippen MR) is 85.1 cm³/mol. The highest BCUT2D eigenvalue weighted by molar-refractivity contribution is 6.02. The van der Waals surface area contributed by atoms with Crippen molar-refractivity contribution in [1.29, 1.82) is 0 Å². The van der Waals surface area contributed by atoms with Gasteiger partial charge in [-0.1, -0.05) is 24.3 Å². The SMILES string of the molecule is CC(=O)c1ccc(/C(C)=N/NC(=O)c2ccc(C)nc2)cc1. The third-order valence-electron chi connectivity index (χ3n) is 3.21. The van der Waals surface area contributed by atoms with Crippen molar-refractivity contribution in [3.63, 3.8) is 0 Å². The number of aryl methyl sites for hydroxylation is 1. The van der Waals surface area contributed by atoms with Crippen LogP contribution in [0.4, 0.5) is 0 Å². The average molecular weight is 295 g/mol. The Morgan fingerprint density at radius 1 is 0.955 bits per heavy atom. The summed E-state index contributed by atoms with van der Waals surface area (Å²) in [6.07, 6.45) is 1.51. The predicted octanol–water partition coefficient (Wildman–Crippen LogP) is 2.75. The molecule has 0 radical (unpaired) electrons. The minimum Gasteiger partial charge on any atom is -0.295 e. The van der Waals surface area contributed by atoms with Gasteiger partial charge in [0.1, 0.15) is 0 Å². The second-order valence-electron chi connectivity index (χ2n) is 4.96. The normalized spacial score (nSPS) is 11.1. The van der Waals surface area contributed by atoms with Gasteiger partial charge in [-0.05, 0) is 38.5 Å². The smallest absolute Gasteiger partial charge is 0.272 e. The monoisotopic (exact) mass is 295 g/mol. The Morgan fingerprint density at radius 2 is 1.55 bits per heavy atom. The number of aromatic nitrogens is 1. The number of nitrogens with zero attached hydrogens (tertiary/aromatic N) is 2. The van der Waals surface area contributed by atoms with Gasteiger partial charge in [0.15, 0.2) is 5.78 Å². The number of Topliss-reactive ketones (excluding diaryl/α,β-unsaturated/α-hetero) is 1. The number of amides is 1. The van der Waals surface area contributed by atoms with Crippen molar-refractivity contribution in [2.24, 2.45) is 5.10 Å². The van der Waals surface area contributed by atoms with Gasteiger partial charge in [0.2, 0.25) is 0 Å². The Hall–Kier alpha value is -2.82. The van der Waals surface area contributed by atoms with Gasteiger partial charge < -0.3 is 0 Å². The maximum absolute atomic E-state index is 11.9. The van der Waals surface area contributed by atoms with Crippen molar-refractivity contribution in [1.82, 2.24) is 10.4 Å². The van der Waals surface area contributed by atoms with Crippen LogP contribution in [-0.2, 0) is 0 Å². The van der Waals surface area contributed by atoms with E-state index in [1.165, 1.54) is 13.1 Å². The molecule has 0 unspecified atom stereocenters. The largest absolute Gasteiger partial charge is 0.295 e. The fourth-order valence-corrected chi connectivity index (χ4v) is 1.81. The zero-order valence-corrected chi connectivity index (χ0v) is 12.8. The molecule has 0 aliphatic rings. The second kappa shape index (κ2) is 6.76. The molecule has 1 heterocycles. The second-order valence-corrected chi connectivity index (χ2v) is 4.96. The Balaban J connectivity index is 2.07. The molecule has 2 aromatic rings. The summed E-state index contributed by atoms with van der Waals surface area (Å²) in [6.45, 7) is 5.16. The number of benzene rings is 1. The number of nitrogens with one attached hydrogen (secondary N) is 1. The summed E-state index contributed by atoms with van der Waals surface area (Å²) in [5.41, 5.74) is 5.94. The molecule has 1 aromatic heterocycles.